The topological polar surface area (TPSA) is 35.8 Å². The van der Waals surface area contributed by atoms with Crippen LogP contribution in [0, 0.1) is 11.3 Å². The van der Waals surface area contributed by atoms with Crippen molar-refractivity contribution in [2.45, 2.75) is 0 Å². The summed E-state index contributed by atoms with van der Waals surface area (Å²) in [7, 11) is 0. The fourth-order valence-corrected chi connectivity index (χ4v) is 2.17. The molecule has 3 aromatic carbocycles. The summed E-state index contributed by atoms with van der Waals surface area (Å²) < 4.78 is 0. The van der Waals surface area contributed by atoms with Gasteiger partial charge >= 0.3 is 0 Å². The minimum Gasteiger partial charge on any atom is -0.356 e. The van der Waals surface area contributed by atoms with Crippen molar-refractivity contribution in [2.75, 3.05) is 5.32 Å². The van der Waals surface area contributed by atoms with E-state index in [-0.39, 0.29) is 0 Å². The van der Waals surface area contributed by atoms with Crippen LogP contribution in [0.2, 0.25) is 0 Å². The summed E-state index contributed by atoms with van der Waals surface area (Å²) in [5.41, 5.74) is 5.07. The second-order valence-corrected chi connectivity index (χ2v) is 4.76. The van der Waals surface area contributed by atoms with Gasteiger partial charge in [-0.05, 0) is 47.5 Å². The first-order chi connectivity index (χ1) is 10.3. The van der Waals surface area contributed by atoms with Gasteiger partial charge in [0.2, 0.25) is 0 Å². The van der Waals surface area contributed by atoms with Gasteiger partial charge in [0, 0.05) is 11.4 Å². The van der Waals surface area contributed by atoms with Gasteiger partial charge in [-0.25, -0.2) is 0 Å². The zero-order chi connectivity index (χ0) is 14.5. The molecule has 21 heavy (non-hydrogen) atoms. The van der Waals surface area contributed by atoms with E-state index in [0.717, 1.165) is 11.4 Å². The molecule has 3 rings (SSSR count). The largest absolute Gasteiger partial charge is 0.356 e. The Balaban J connectivity index is 1.76. The fourth-order valence-electron chi connectivity index (χ4n) is 2.17. The van der Waals surface area contributed by atoms with E-state index in [0.29, 0.717) is 5.56 Å². The van der Waals surface area contributed by atoms with E-state index in [1.165, 1.54) is 11.1 Å². The first-order valence-electron chi connectivity index (χ1n) is 6.78. The minimum absolute atomic E-state index is 0.667. The number of nitrogens with zero attached hydrogens (tertiary/aromatic N) is 1. The van der Waals surface area contributed by atoms with Gasteiger partial charge in [0.1, 0.15) is 0 Å². The maximum atomic E-state index is 8.79. The third-order valence-electron chi connectivity index (χ3n) is 3.29. The first kappa shape index (κ1) is 13.0. The highest BCUT2D eigenvalue weighted by atomic mass is 14.9. The maximum Gasteiger partial charge on any atom is 0.0991 e. The van der Waals surface area contributed by atoms with Gasteiger partial charge in [0.05, 0.1) is 11.6 Å². The molecule has 2 nitrogen and oxygen atoms in total. The molecule has 0 saturated carbocycles. The van der Waals surface area contributed by atoms with Crippen LogP contribution in [0.4, 0.5) is 11.4 Å². The van der Waals surface area contributed by atoms with Gasteiger partial charge in [-0.3, -0.25) is 0 Å². The number of nitrogens with one attached hydrogen (secondary N) is 1. The van der Waals surface area contributed by atoms with Gasteiger partial charge in [-0.1, -0.05) is 42.5 Å². The molecule has 0 amide bonds. The van der Waals surface area contributed by atoms with E-state index in [4.69, 9.17) is 5.26 Å². The molecule has 0 unspecified atom stereocenters. The number of rotatable bonds is 3. The molecule has 0 saturated heterocycles. The standard InChI is InChI=1S/C19H14N2/c20-14-15-6-10-18(11-7-15)21-19-12-8-17(9-13-19)16-4-2-1-3-5-16/h1-13,21H. The smallest absolute Gasteiger partial charge is 0.0991 e. The quantitative estimate of drug-likeness (QED) is 0.729. The van der Waals surface area contributed by atoms with Crippen molar-refractivity contribution in [3.63, 3.8) is 0 Å². The van der Waals surface area contributed by atoms with Gasteiger partial charge in [0.15, 0.2) is 0 Å². The molecule has 3 aromatic rings. The van der Waals surface area contributed by atoms with Gasteiger partial charge in [-0.2, -0.15) is 5.26 Å². The number of hydrogen-bond donors (Lipinski definition) is 1. The average molecular weight is 270 g/mol. The van der Waals surface area contributed by atoms with Crippen LogP contribution in [0.3, 0.4) is 0 Å². The van der Waals surface area contributed by atoms with Gasteiger partial charge in [0.25, 0.3) is 0 Å². The molecule has 0 aliphatic rings. The van der Waals surface area contributed by atoms with Crippen molar-refractivity contribution >= 4 is 11.4 Å². The van der Waals surface area contributed by atoms with Crippen LogP contribution >= 0.6 is 0 Å². The van der Waals surface area contributed by atoms with E-state index in [1.807, 2.05) is 30.3 Å². The molecule has 0 fully saturated rings. The molecule has 0 bridgehead atoms. The Morgan fingerprint density at radius 2 is 1.14 bits per heavy atom. The summed E-state index contributed by atoms with van der Waals surface area (Å²) in [4.78, 5) is 0. The summed E-state index contributed by atoms with van der Waals surface area (Å²) in [6.45, 7) is 0. The Morgan fingerprint density at radius 1 is 0.619 bits per heavy atom. The lowest BCUT2D eigenvalue weighted by atomic mass is 10.1. The van der Waals surface area contributed by atoms with Crippen LogP contribution in [0.1, 0.15) is 5.56 Å². The highest BCUT2D eigenvalue weighted by Crippen LogP contribution is 2.23. The van der Waals surface area contributed by atoms with Crippen molar-refractivity contribution in [3.05, 3.63) is 84.4 Å². The van der Waals surface area contributed by atoms with E-state index >= 15 is 0 Å². The zero-order valence-electron chi connectivity index (χ0n) is 11.5. The molecule has 0 heterocycles. The highest BCUT2D eigenvalue weighted by Gasteiger charge is 1.98. The Bertz CT molecular complexity index is 751. The summed E-state index contributed by atoms with van der Waals surface area (Å²) in [5, 5.41) is 12.1. The maximum absolute atomic E-state index is 8.79. The summed E-state index contributed by atoms with van der Waals surface area (Å²) in [6, 6.07) is 28.1. The molecule has 0 aromatic heterocycles. The number of hydrogen-bond acceptors (Lipinski definition) is 2. The van der Waals surface area contributed by atoms with Crippen molar-refractivity contribution in [1.82, 2.24) is 0 Å². The molecule has 0 atom stereocenters. The molecular weight excluding hydrogens is 256 g/mol. The molecular formula is C19H14N2. The lowest BCUT2D eigenvalue weighted by molar-refractivity contribution is 1.47. The molecule has 2 heteroatoms. The third kappa shape index (κ3) is 3.10. The molecule has 0 aliphatic heterocycles. The Hall–Kier alpha value is -3.05. The monoisotopic (exact) mass is 270 g/mol. The van der Waals surface area contributed by atoms with Crippen molar-refractivity contribution in [2.24, 2.45) is 0 Å². The van der Waals surface area contributed by atoms with E-state index < -0.39 is 0 Å². The fraction of sp³-hybridized carbons (Fsp3) is 0. The van der Waals surface area contributed by atoms with Gasteiger partial charge < -0.3 is 5.32 Å². The van der Waals surface area contributed by atoms with E-state index in [9.17, 15) is 0 Å². The Morgan fingerprint density at radius 3 is 1.71 bits per heavy atom. The lowest BCUT2D eigenvalue weighted by Gasteiger charge is -2.08. The third-order valence-corrected chi connectivity index (χ3v) is 3.29. The number of benzene rings is 3. The number of anilines is 2. The van der Waals surface area contributed by atoms with E-state index in [2.05, 4.69) is 47.8 Å². The summed E-state index contributed by atoms with van der Waals surface area (Å²) in [6.07, 6.45) is 0. The summed E-state index contributed by atoms with van der Waals surface area (Å²) in [5.74, 6) is 0. The summed E-state index contributed by atoms with van der Waals surface area (Å²) >= 11 is 0. The van der Waals surface area contributed by atoms with Crippen LogP contribution in [-0.4, -0.2) is 0 Å². The highest BCUT2D eigenvalue weighted by molar-refractivity contribution is 5.68. The van der Waals surface area contributed by atoms with Crippen LogP contribution < -0.4 is 5.32 Å². The molecule has 0 spiro atoms. The van der Waals surface area contributed by atoms with Crippen LogP contribution in [0.5, 0.6) is 0 Å². The Kier molecular flexibility index (Phi) is 3.66. The predicted molar refractivity (Wildman–Crippen MR) is 86.3 cm³/mol. The first-order valence-corrected chi connectivity index (χ1v) is 6.78. The van der Waals surface area contributed by atoms with Crippen molar-refractivity contribution < 1.29 is 0 Å². The minimum atomic E-state index is 0.667. The molecule has 0 aliphatic carbocycles. The normalized spacial score (nSPS) is 9.86. The van der Waals surface area contributed by atoms with Gasteiger partial charge in [-0.15, -0.1) is 0 Å². The average Bonchev–Trinajstić information content (AvgIpc) is 2.57. The van der Waals surface area contributed by atoms with Crippen LogP contribution in [-0.2, 0) is 0 Å². The van der Waals surface area contributed by atoms with Crippen LogP contribution in [0.15, 0.2) is 78.9 Å². The lowest BCUT2D eigenvalue weighted by Crippen LogP contribution is -1.90. The second-order valence-electron chi connectivity index (χ2n) is 4.76. The van der Waals surface area contributed by atoms with Crippen molar-refractivity contribution in [1.29, 1.82) is 5.26 Å². The SMILES string of the molecule is N#Cc1ccc(Nc2ccc(-c3ccccc3)cc2)cc1. The zero-order valence-corrected chi connectivity index (χ0v) is 11.5. The number of nitriles is 1. The molecule has 1 N–H and O–H groups in total. The predicted octanol–water partition coefficient (Wildman–Crippen LogP) is 4.97. The second kappa shape index (κ2) is 5.94. The van der Waals surface area contributed by atoms with E-state index in [1.54, 1.807) is 12.1 Å². The molecule has 100 valence electrons. The van der Waals surface area contributed by atoms with Crippen LogP contribution in [0.25, 0.3) is 11.1 Å². The molecule has 0 radical (unpaired) electrons. The van der Waals surface area contributed by atoms with Crippen molar-refractivity contribution in [3.8, 4) is 17.2 Å². The Labute approximate surface area is 124 Å².